The Morgan fingerprint density at radius 3 is 2.46 bits per heavy atom. The molecule has 0 aliphatic carbocycles. The Morgan fingerprint density at radius 1 is 1.25 bits per heavy atom. The third kappa shape index (κ3) is 4.73. The van der Waals surface area contributed by atoms with E-state index >= 15 is 0 Å². The van der Waals surface area contributed by atoms with E-state index in [0.29, 0.717) is 12.0 Å². The monoisotopic (exact) mass is 332 g/mol. The van der Waals surface area contributed by atoms with Crippen molar-refractivity contribution < 1.29 is 9.53 Å². The molecule has 1 aromatic carbocycles. The van der Waals surface area contributed by atoms with Gasteiger partial charge in [0, 0.05) is 25.7 Å². The molecule has 0 saturated carbocycles. The first-order valence-corrected chi connectivity index (χ1v) is 8.94. The summed E-state index contributed by atoms with van der Waals surface area (Å²) in [7, 11) is 1.85. The summed E-state index contributed by atoms with van der Waals surface area (Å²) in [6.45, 7) is 12.2. The van der Waals surface area contributed by atoms with Gasteiger partial charge in [-0.3, -0.25) is 4.90 Å². The van der Waals surface area contributed by atoms with Crippen molar-refractivity contribution in [1.29, 1.82) is 0 Å². The van der Waals surface area contributed by atoms with Crippen LogP contribution in [-0.2, 0) is 4.74 Å². The number of carbonyl (C=O) groups is 1. The van der Waals surface area contributed by atoms with Crippen molar-refractivity contribution in [2.24, 2.45) is 5.92 Å². The lowest BCUT2D eigenvalue weighted by Crippen LogP contribution is -2.43. The standard InChI is InChI=1S/C20H32N2O2/c1-15(21(6)19(23)24-20(3,4)5)18-12-13-22(14-18)16(2)17-10-8-7-9-11-17/h7-11,15-16,18H,12-14H2,1-6H3/t15-,16+,18-/m1/s1. The van der Waals surface area contributed by atoms with Crippen LogP contribution in [0.15, 0.2) is 30.3 Å². The molecule has 134 valence electrons. The molecule has 0 aromatic heterocycles. The second-order valence-electron chi connectivity index (χ2n) is 7.96. The Kier molecular flexibility index (Phi) is 5.92. The summed E-state index contributed by atoms with van der Waals surface area (Å²) in [6, 6.07) is 11.2. The molecule has 1 amide bonds. The van der Waals surface area contributed by atoms with E-state index < -0.39 is 5.60 Å². The molecule has 4 heteroatoms. The fraction of sp³-hybridized carbons (Fsp3) is 0.650. The second kappa shape index (κ2) is 7.56. The van der Waals surface area contributed by atoms with E-state index in [4.69, 9.17) is 4.74 Å². The summed E-state index contributed by atoms with van der Waals surface area (Å²) in [5.74, 6) is 0.480. The minimum Gasteiger partial charge on any atom is -0.444 e. The van der Waals surface area contributed by atoms with Crippen molar-refractivity contribution in [3.63, 3.8) is 0 Å². The predicted octanol–water partition coefficient (Wildman–Crippen LogP) is 4.32. The van der Waals surface area contributed by atoms with Crippen molar-refractivity contribution in [3.8, 4) is 0 Å². The first kappa shape index (κ1) is 18.8. The Hall–Kier alpha value is -1.55. The number of hydrogen-bond acceptors (Lipinski definition) is 3. The Bertz CT molecular complexity index is 538. The predicted molar refractivity (Wildman–Crippen MR) is 98.0 cm³/mol. The maximum atomic E-state index is 12.3. The zero-order chi connectivity index (χ0) is 17.9. The van der Waals surface area contributed by atoms with Crippen molar-refractivity contribution >= 4 is 6.09 Å². The van der Waals surface area contributed by atoms with Crippen LogP contribution in [0.2, 0.25) is 0 Å². The molecule has 0 spiro atoms. The quantitative estimate of drug-likeness (QED) is 0.823. The van der Waals surface area contributed by atoms with Gasteiger partial charge in [0.2, 0.25) is 0 Å². The van der Waals surface area contributed by atoms with Gasteiger partial charge in [-0.1, -0.05) is 30.3 Å². The first-order chi connectivity index (χ1) is 11.2. The lowest BCUT2D eigenvalue weighted by atomic mass is 9.99. The number of carbonyl (C=O) groups excluding carboxylic acids is 1. The van der Waals surface area contributed by atoms with E-state index in [1.807, 2.05) is 27.8 Å². The molecular formula is C20H32N2O2. The van der Waals surface area contributed by atoms with Gasteiger partial charge < -0.3 is 9.64 Å². The average molecular weight is 332 g/mol. The summed E-state index contributed by atoms with van der Waals surface area (Å²) >= 11 is 0. The van der Waals surface area contributed by atoms with Gasteiger partial charge in [0.25, 0.3) is 0 Å². The first-order valence-electron chi connectivity index (χ1n) is 8.94. The summed E-state index contributed by atoms with van der Waals surface area (Å²) < 4.78 is 5.50. The van der Waals surface area contributed by atoms with Gasteiger partial charge in [-0.05, 0) is 59.1 Å². The summed E-state index contributed by atoms with van der Waals surface area (Å²) in [6.07, 6.45) is 0.885. The number of amides is 1. The maximum Gasteiger partial charge on any atom is 0.410 e. The third-order valence-corrected chi connectivity index (χ3v) is 5.06. The van der Waals surface area contributed by atoms with Gasteiger partial charge in [0.05, 0.1) is 0 Å². The van der Waals surface area contributed by atoms with Gasteiger partial charge in [0.15, 0.2) is 0 Å². The van der Waals surface area contributed by atoms with Crippen LogP contribution >= 0.6 is 0 Å². The number of ether oxygens (including phenoxy) is 1. The topological polar surface area (TPSA) is 32.8 Å². The number of hydrogen-bond donors (Lipinski definition) is 0. The van der Waals surface area contributed by atoms with E-state index in [1.165, 1.54) is 5.56 Å². The molecule has 1 heterocycles. The second-order valence-corrected chi connectivity index (χ2v) is 7.96. The van der Waals surface area contributed by atoms with Crippen molar-refractivity contribution in [2.45, 2.75) is 58.7 Å². The average Bonchev–Trinajstić information content (AvgIpc) is 3.01. The van der Waals surface area contributed by atoms with Crippen LogP contribution in [0.4, 0.5) is 4.79 Å². The SMILES string of the molecule is C[C@H]([C@@H]1CCN([C@@H](C)c2ccccc2)C1)N(C)C(=O)OC(C)(C)C. The van der Waals surface area contributed by atoms with E-state index in [0.717, 1.165) is 19.5 Å². The lowest BCUT2D eigenvalue weighted by molar-refractivity contribution is 0.0185. The molecule has 4 nitrogen and oxygen atoms in total. The minimum absolute atomic E-state index is 0.174. The zero-order valence-electron chi connectivity index (χ0n) is 16.0. The molecule has 1 aliphatic heterocycles. The van der Waals surface area contributed by atoms with Crippen molar-refractivity contribution in [1.82, 2.24) is 9.80 Å². The smallest absolute Gasteiger partial charge is 0.410 e. The molecule has 1 fully saturated rings. The normalized spacial score (nSPS) is 21.3. The van der Waals surface area contributed by atoms with E-state index in [-0.39, 0.29) is 12.1 Å². The molecule has 0 bridgehead atoms. The van der Waals surface area contributed by atoms with Gasteiger partial charge in [0.1, 0.15) is 5.60 Å². The van der Waals surface area contributed by atoms with Crippen LogP contribution in [0.25, 0.3) is 0 Å². The molecule has 0 radical (unpaired) electrons. The minimum atomic E-state index is -0.450. The van der Waals surface area contributed by atoms with Crippen LogP contribution in [0.5, 0.6) is 0 Å². The number of nitrogens with zero attached hydrogens (tertiary/aromatic N) is 2. The molecule has 2 rings (SSSR count). The molecule has 3 atom stereocenters. The highest BCUT2D eigenvalue weighted by atomic mass is 16.6. The van der Waals surface area contributed by atoms with E-state index in [1.54, 1.807) is 4.90 Å². The van der Waals surface area contributed by atoms with Crippen LogP contribution in [0.1, 0.15) is 52.6 Å². The highest BCUT2D eigenvalue weighted by Gasteiger charge is 2.34. The van der Waals surface area contributed by atoms with Gasteiger partial charge in [-0.2, -0.15) is 0 Å². The zero-order valence-corrected chi connectivity index (χ0v) is 16.0. The van der Waals surface area contributed by atoms with E-state index in [9.17, 15) is 4.79 Å². The number of rotatable bonds is 4. The Labute approximate surface area is 146 Å². The number of likely N-dealkylation sites (tertiary alicyclic amines) is 1. The number of benzene rings is 1. The largest absolute Gasteiger partial charge is 0.444 e. The summed E-state index contributed by atoms with van der Waals surface area (Å²) in [5, 5.41) is 0. The fourth-order valence-electron chi connectivity index (χ4n) is 3.32. The molecule has 24 heavy (non-hydrogen) atoms. The van der Waals surface area contributed by atoms with Crippen LogP contribution in [0, 0.1) is 5.92 Å². The maximum absolute atomic E-state index is 12.3. The summed E-state index contributed by atoms with van der Waals surface area (Å²) in [5.41, 5.74) is 0.903. The Morgan fingerprint density at radius 2 is 1.88 bits per heavy atom. The highest BCUT2D eigenvalue weighted by Crippen LogP contribution is 2.30. The fourth-order valence-corrected chi connectivity index (χ4v) is 3.32. The molecular weight excluding hydrogens is 300 g/mol. The third-order valence-electron chi connectivity index (χ3n) is 5.06. The van der Waals surface area contributed by atoms with Gasteiger partial charge >= 0.3 is 6.09 Å². The van der Waals surface area contributed by atoms with E-state index in [2.05, 4.69) is 49.1 Å². The van der Waals surface area contributed by atoms with Gasteiger partial charge in [-0.25, -0.2) is 4.79 Å². The summed E-state index contributed by atoms with van der Waals surface area (Å²) in [4.78, 5) is 16.6. The van der Waals surface area contributed by atoms with Crippen LogP contribution in [-0.4, -0.2) is 47.7 Å². The van der Waals surface area contributed by atoms with Crippen molar-refractivity contribution in [2.75, 3.05) is 20.1 Å². The molecule has 1 aliphatic rings. The molecule has 0 N–H and O–H groups in total. The molecule has 1 aromatic rings. The van der Waals surface area contributed by atoms with Crippen LogP contribution < -0.4 is 0 Å². The Balaban J connectivity index is 1.93. The lowest BCUT2D eigenvalue weighted by Gasteiger charge is -2.32. The van der Waals surface area contributed by atoms with Gasteiger partial charge in [-0.15, -0.1) is 0 Å². The van der Waals surface area contributed by atoms with Crippen LogP contribution in [0.3, 0.4) is 0 Å². The molecule has 1 saturated heterocycles. The highest BCUT2D eigenvalue weighted by molar-refractivity contribution is 5.68. The van der Waals surface area contributed by atoms with Crippen molar-refractivity contribution in [3.05, 3.63) is 35.9 Å². The molecule has 0 unspecified atom stereocenters.